The van der Waals surface area contributed by atoms with E-state index < -0.39 is 0 Å². The van der Waals surface area contributed by atoms with Crippen molar-refractivity contribution in [1.29, 1.82) is 0 Å². The first-order valence-corrected chi connectivity index (χ1v) is 7.13. The largest absolute Gasteiger partial charge is 0.483 e. The van der Waals surface area contributed by atoms with E-state index in [0.717, 1.165) is 8.95 Å². The van der Waals surface area contributed by atoms with Crippen LogP contribution in [0.2, 0.25) is 0 Å². The van der Waals surface area contributed by atoms with Gasteiger partial charge < -0.3 is 15.2 Å². The van der Waals surface area contributed by atoms with E-state index >= 15 is 0 Å². The van der Waals surface area contributed by atoms with Crippen molar-refractivity contribution in [2.24, 2.45) is 0 Å². The Morgan fingerprint density at radius 2 is 2.22 bits per heavy atom. The van der Waals surface area contributed by atoms with Gasteiger partial charge in [0.25, 0.3) is 5.91 Å². The van der Waals surface area contributed by atoms with Crippen molar-refractivity contribution in [1.82, 2.24) is 5.32 Å². The molecular formula is C12H15Br2NO3. The average Bonchev–Trinajstić information content (AvgIpc) is 2.35. The Balaban J connectivity index is 2.47. The van der Waals surface area contributed by atoms with Gasteiger partial charge in [0.05, 0.1) is 17.1 Å². The Labute approximate surface area is 123 Å². The third-order valence-corrected chi connectivity index (χ3v) is 3.44. The van der Waals surface area contributed by atoms with Gasteiger partial charge in [-0.05, 0) is 40.5 Å². The van der Waals surface area contributed by atoms with Crippen LogP contribution in [-0.4, -0.2) is 30.3 Å². The highest BCUT2D eigenvalue weighted by Crippen LogP contribution is 2.27. The van der Waals surface area contributed by atoms with Crippen LogP contribution in [0.25, 0.3) is 0 Å². The summed E-state index contributed by atoms with van der Waals surface area (Å²) in [5.74, 6) is 0.358. The molecule has 6 heteroatoms. The molecule has 0 saturated heterocycles. The van der Waals surface area contributed by atoms with Gasteiger partial charge in [0, 0.05) is 4.47 Å². The quantitative estimate of drug-likeness (QED) is 0.796. The van der Waals surface area contributed by atoms with Gasteiger partial charge in [0.15, 0.2) is 6.61 Å². The molecule has 18 heavy (non-hydrogen) atoms. The minimum atomic E-state index is -0.245. The van der Waals surface area contributed by atoms with Crippen LogP contribution in [0.3, 0.4) is 0 Å². The van der Waals surface area contributed by atoms with Crippen molar-refractivity contribution in [2.45, 2.75) is 19.4 Å². The topological polar surface area (TPSA) is 58.6 Å². The molecule has 0 aliphatic rings. The van der Waals surface area contributed by atoms with E-state index in [9.17, 15) is 4.79 Å². The number of halogens is 2. The number of hydrogen-bond donors (Lipinski definition) is 2. The zero-order valence-corrected chi connectivity index (χ0v) is 13.1. The zero-order valence-electron chi connectivity index (χ0n) is 9.95. The second kappa shape index (κ2) is 7.76. The summed E-state index contributed by atoms with van der Waals surface area (Å²) in [5.41, 5.74) is 0. The van der Waals surface area contributed by atoms with Gasteiger partial charge in [-0.2, -0.15) is 0 Å². The smallest absolute Gasteiger partial charge is 0.258 e. The highest BCUT2D eigenvalue weighted by atomic mass is 79.9. The van der Waals surface area contributed by atoms with Crippen LogP contribution in [0.5, 0.6) is 5.75 Å². The Morgan fingerprint density at radius 3 is 2.78 bits per heavy atom. The van der Waals surface area contributed by atoms with E-state index in [1.807, 2.05) is 19.1 Å². The van der Waals surface area contributed by atoms with Crippen LogP contribution in [0.1, 0.15) is 13.3 Å². The summed E-state index contributed by atoms with van der Waals surface area (Å²) in [6, 6.07) is 5.23. The van der Waals surface area contributed by atoms with Gasteiger partial charge in [-0.1, -0.05) is 22.9 Å². The lowest BCUT2D eigenvalue weighted by Gasteiger charge is -2.14. The molecule has 100 valence electrons. The standard InChI is InChI=1S/C12H15Br2NO3/c1-2-9(6-16)15-12(17)7-18-11-4-3-8(13)5-10(11)14/h3-5,9,16H,2,6-7H2,1H3,(H,15,17)/t9-/m1/s1. The first-order valence-electron chi connectivity index (χ1n) is 5.54. The maximum atomic E-state index is 11.6. The number of benzene rings is 1. The molecule has 0 saturated carbocycles. The monoisotopic (exact) mass is 379 g/mol. The van der Waals surface area contributed by atoms with E-state index in [2.05, 4.69) is 37.2 Å². The number of hydrogen-bond acceptors (Lipinski definition) is 3. The normalized spacial score (nSPS) is 12.0. The van der Waals surface area contributed by atoms with Crippen LogP contribution in [0, 0.1) is 0 Å². The summed E-state index contributed by atoms with van der Waals surface area (Å²) in [4.78, 5) is 11.6. The molecule has 1 rings (SSSR count). The average molecular weight is 381 g/mol. The lowest BCUT2D eigenvalue weighted by Crippen LogP contribution is -2.39. The van der Waals surface area contributed by atoms with E-state index in [-0.39, 0.29) is 25.2 Å². The summed E-state index contributed by atoms with van der Waals surface area (Å²) in [6.07, 6.45) is 0.685. The third-order valence-electron chi connectivity index (χ3n) is 2.33. The van der Waals surface area contributed by atoms with Crippen LogP contribution in [0.15, 0.2) is 27.1 Å². The Kier molecular flexibility index (Phi) is 6.67. The molecule has 1 atom stereocenters. The van der Waals surface area contributed by atoms with Gasteiger partial charge in [-0.3, -0.25) is 4.79 Å². The fourth-order valence-corrected chi connectivity index (χ4v) is 2.44. The Hall–Kier alpha value is -0.590. The maximum absolute atomic E-state index is 11.6. The Bertz CT molecular complexity index is 408. The van der Waals surface area contributed by atoms with Gasteiger partial charge in [-0.25, -0.2) is 0 Å². The zero-order chi connectivity index (χ0) is 13.5. The summed E-state index contributed by atoms with van der Waals surface area (Å²) in [7, 11) is 0. The molecule has 0 aromatic heterocycles. The second-order valence-corrected chi connectivity index (χ2v) is 5.49. The number of carbonyl (C=O) groups excluding carboxylic acids is 1. The van der Waals surface area contributed by atoms with Crippen LogP contribution >= 0.6 is 31.9 Å². The molecule has 4 nitrogen and oxygen atoms in total. The molecule has 0 unspecified atom stereocenters. The van der Waals surface area contributed by atoms with Crippen molar-refractivity contribution in [3.8, 4) is 5.75 Å². The molecule has 0 radical (unpaired) electrons. The number of ether oxygens (including phenoxy) is 1. The number of aliphatic hydroxyl groups is 1. The Morgan fingerprint density at radius 1 is 1.50 bits per heavy atom. The predicted octanol–water partition coefficient (Wildman–Crippen LogP) is 2.48. The first kappa shape index (κ1) is 15.5. The van der Waals surface area contributed by atoms with Gasteiger partial charge in [-0.15, -0.1) is 0 Å². The van der Waals surface area contributed by atoms with Crippen molar-refractivity contribution in [3.05, 3.63) is 27.1 Å². The molecule has 1 amide bonds. The van der Waals surface area contributed by atoms with E-state index in [4.69, 9.17) is 9.84 Å². The fourth-order valence-electron chi connectivity index (χ4n) is 1.28. The highest BCUT2D eigenvalue weighted by molar-refractivity contribution is 9.11. The van der Waals surface area contributed by atoms with Crippen molar-refractivity contribution in [2.75, 3.05) is 13.2 Å². The van der Waals surface area contributed by atoms with E-state index in [1.54, 1.807) is 6.07 Å². The van der Waals surface area contributed by atoms with Crippen LogP contribution in [-0.2, 0) is 4.79 Å². The predicted molar refractivity (Wildman–Crippen MR) is 76.6 cm³/mol. The number of nitrogens with one attached hydrogen (secondary N) is 1. The number of amides is 1. The van der Waals surface area contributed by atoms with Crippen molar-refractivity contribution >= 4 is 37.8 Å². The van der Waals surface area contributed by atoms with Gasteiger partial charge in [0.2, 0.25) is 0 Å². The van der Waals surface area contributed by atoms with Crippen LogP contribution < -0.4 is 10.1 Å². The molecule has 0 spiro atoms. The van der Waals surface area contributed by atoms with Gasteiger partial charge in [0.1, 0.15) is 5.75 Å². The molecule has 0 aliphatic heterocycles. The third kappa shape index (κ3) is 4.96. The molecule has 1 aromatic rings. The number of rotatable bonds is 6. The lowest BCUT2D eigenvalue weighted by molar-refractivity contribution is -0.124. The summed E-state index contributed by atoms with van der Waals surface area (Å²) in [6.45, 7) is 1.76. The first-order chi connectivity index (χ1) is 8.56. The van der Waals surface area contributed by atoms with Crippen LogP contribution in [0.4, 0.5) is 0 Å². The molecular weight excluding hydrogens is 366 g/mol. The minimum Gasteiger partial charge on any atom is -0.483 e. The SMILES string of the molecule is CC[C@H](CO)NC(=O)COc1ccc(Br)cc1Br. The van der Waals surface area contributed by atoms with E-state index in [0.29, 0.717) is 12.2 Å². The molecule has 0 bridgehead atoms. The molecule has 0 aliphatic carbocycles. The highest BCUT2D eigenvalue weighted by Gasteiger charge is 2.10. The lowest BCUT2D eigenvalue weighted by atomic mass is 10.2. The minimum absolute atomic E-state index is 0.0653. The molecule has 1 aromatic carbocycles. The fraction of sp³-hybridized carbons (Fsp3) is 0.417. The van der Waals surface area contributed by atoms with E-state index in [1.165, 1.54) is 0 Å². The number of carbonyl (C=O) groups is 1. The maximum Gasteiger partial charge on any atom is 0.258 e. The van der Waals surface area contributed by atoms with Crippen molar-refractivity contribution in [3.63, 3.8) is 0 Å². The van der Waals surface area contributed by atoms with Gasteiger partial charge >= 0.3 is 0 Å². The second-order valence-electron chi connectivity index (χ2n) is 3.72. The number of aliphatic hydroxyl groups excluding tert-OH is 1. The molecule has 2 N–H and O–H groups in total. The summed E-state index contributed by atoms with van der Waals surface area (Å²) >= 11 is 6.68. The molecule has 0 heterocycles. The molecule has 0 fully saturated rings. The summed E-state index contributed by atoms with van der Waals surface area (Å²) in [5, 5.41) is 11.6. The van der Waals surface area contributed by atoms with Crippen molar-refractivity contribution < 1.29 is 14.6 Å². The summed E-state index contributed by atoms with van der Waals surface area (Å²) < 4.78 is 7.09.